The number of aromatic nitrogens is 3. The first-order valence-corrected chi connectivity index (χ1v) is 11.1. The van der Waals surface area contributed by atoms with Crippen LogP contribution in [0.15, 0.2) is 29.0 Å². The van der Waals surface area contributed by atoms with Crippen molar-refractivity contribution in [2.24, 2.45) is 5.92 Å². The van der Waals surface area contributed by atoms with Gasteiger partial charge in [0.05, 0.1) is 18.1 Å². The van der Waals surface area contributed by atoms with E-state index in [4.69, 9.17) is 4.52 Å². The zero-order valence-electron chi connectivity index (χ0n) is 15.8. The molecule has 0 aromatic carbocycles. The second kappa shape index (κ2) is 6.93. The Morgan fingerprint density at radius 3 is 2.79 bits per heavy atom. The number of aryl methyl sites for hydroxylation is 1. The average molecular weight is 405 g/mol. The quantitative estimate of drug-likeness (QED) is 0.766. The van der Waals surface area contributed by atoms with Crippen LogP contribution in [0.1, 0.15) is 30.1 Å². The first kappa shape index (κ1) is 19.0. The third-order valence-electron chi connectivity index (χ3n) is 5.75. The van der Waals surface area contributed by atoms with E-state index in [0.29, 0.717) is 37.6 Å². The van der Waals surface area contributed by atoms with Gasteiger partial charge < -0.3 is 9.84 Å². The number of hydrogen-bond donors (Lipinski definition) is 1. The minimum absolute atomic E-state index is 0.0216. The summed E-state index contributed by atoms with van der Waals surface area (Å²) in [6.45, 7) is 2.44. The Morgan fingerprint density at radius 1 is 1.39 bits per heavy atom. The van der Waals surface area contributed by atoms with Crippen molar-refractivity contribution >= 4 is 15.9 Å². The summed E-state index contributed by atoms with van der Waals surface area (Å²) in [5, 5.41) is 6.99. The molecule has 10 heteroatoms. The average Bonchev–Trinajstić information content (AvgIpc) is 3.27. The number of sulfonamides is 1. The van der Waals surface area contributed by atoms with E-state index in [0.717, 1.165) is 5.56 Å². The van der Waals surface area contributed by atoms with Gasteiger partial charge >= 0.3 is 0 Å². The SMILES string of the molecule is Cc1noc([C@]23C[C@H](NC(=O)Cc4ccncc4)C[C@H]2CN(S(C)(=O)=O)C3)n1. The van der Waals surface area contributed by atoms with Crippen LogP contribution >= 0.6 is 0 Å². The number of carbonyl (C=O) groups is 1. The minimum Gasteiger partial charge on any atom is -0.353 e. The van der Waals surface area contributed by atoms with E-state index >= 15 is 0 Å². The van der Waals surface area contributed by atoms with E-state index in [9.17, 15) is 13.2 Å². The highest BCUT2D eigenvalue weighted by molar-refractivity contribution is 7.88. The van der Waals surface area contributed by atoms with Gasteiger partial charge in [-0.1, -0.05) is 5.16 Å². The van der Waals surface area contributed by atoms with Crippen LogP contribution in [0, 0.1) is 12.8 Å². The van der Waals surface area contributed by atoms with Gasteiger partial charge in [-0.2, -0.15) is 4.98 Å². The first-order chi connectivity index (χ1) is 13.3. The van der Waals surface area contributed by atoms with Crippen molar-refractivity contribution in [3.05, 3.63) is 41.8 Å². The molecule has 2 aromatic heterocycles. The Hall–Kier alpha value is -2.33. The predicted molar refractivity (Wildman–Crippen MR) is 99.7 cm³/mol. The van der Waals surface area contributed by atoms with Gasteiger partial charge in [0.15, 0.2) is 5.82 Å². The van der Waals surface area contributed by atoms with Crippen molar-refractivity contribution in [1.29, 1.82) is 0 Å². The molecule has 1 aliphatic carbocycles. The summed E-state index contributed by atoms with van der Waals surface area (Å²) in [5.74, 6) is 0.944. The highest BCUT2D eigenvalue weighted by atomic mass is 32.2. The second-order valence-corrected chi connectivity index (χ2v) is 9.77. The maximum Gasteiger partial charge on any atom is 0.234 e. The predicted octanol–water partition coefficient (Wildman–Crippen LogP) is 0.424. The lowest BCUT2D eigenvalue weighted by molar-refractivity contribution is -0.121. The number of rotatable bonds is 5. The molecular weight excluding hydrogens is 382 g/mol. The van der Waals surface area contributed by atoms with Crippen molar-refractivity contribution in [2.75, 3.05) is 19.3 Å². The maximum atomic E-state index is 12.5. The Bertz CT molecular complexity index is 977. The molecule has 9 nitrogen and oxygen atoms in total. The minimum atomic E-state index is -3.31. The summed E-state index contributed by atoms with van der Waals surface area (Å²) in [4.78, 5) is 20.8. The fourth-order valence-corrected chi connectivity index (χ4v) is 5.40. The Balaban J connectivity index is 1.52. The molecule has 1 saturated carbocycles. The number of nitrogens with one attached hydrogen (secondary N) is 1. The molecule has 0 bridgehead atoms. The van der Waals surface area contributed by atoms with Crippen molar-refractivity contribution < 1.29 is 17.7 Å². The maximum absolute atomic E-state index is 12.5. The Labute approximate surface area is 163 Å². The highest BCUT2D eigenvalue weighted by Crippen LogP contribution is 2.50. The lowest BCUT2D eigenvalue weighted by Gasteiger charge is -2.24. The summed E-state index contributed by atoms with van der Waals surface area (Å²) in [5.41, 5.74) is 0.343. The highest BCUT2D eigenvalue weighted by Gasteiger charge is 2.58. The number of carbonyl (C=O) groups excluding carboxylic acids is 1. The summed E-state index contributed by atoms with van der Waals surface area (Å²) in [6.07, 6.45) is 6.08. The summed E-state index contributed by atoms with van der Waals surface area (Å²) >= 11 is 0. The molecule has 2 fully saturated rings. The molecule has 150 valence electrons. The molecule has 0 unspecified atom stereocenters. The van der Waals surface area contributed by atoms with Crippen LogP contribution < -0.4 is 5.32 Å². The number of hydrogen-bond acceptors (Lipinski definition) is 7. The van der Waals surface area contributed by atoms with Crippen molar-refractivity contribution in [2.45, 2.75) is 37.6 Å². The van der Waals surface area contributed by atoms with E-state index in [-0.39, 0.29) is 24.3 Å². The van der Waals surface area contributed by atoms with Gasteiger partial charge in [-0.05, 0) is 43.4 Å². The van der Waals surface area contributed by atoms with E-state index < -0.39 is 15.4 Å². The Morgan fingerprint density at radius 2 is 2.14 bits per heavy atom. The summed E-state index contributed by atoms with van der Waals surface area (Å²) in [7, 11) is -3.31. The van der Waals surface area contributed by atoms with Crippen molar-refractivity contribution in [1.82, 2.24) is 24.7 Å². The number of pyridine rings is 1. The monoisotopic (exact) mass is 405 g/mol. The molecule has 3 heterocycles. The molecule has 2 aromatic rings. The van der Waals surface area contributed by atoms with Gasteiger partial charge in [0.2, 0.25) is 21.8 Å². The lowest BCUT2D eigenvalue weighted by atomic mass is 9.80. The van der Waals surface area contributed by atoms with Crippen molar-refractivity contribution in [3.63, 3.8) is 0 Å². The van der Waals surface area contributed by atoms with Crippen LogP contribution in [-0.4, -0.2) is 59.1 Å². The third kappa shape index (κ3) is 3.53. The number of fused-ring (bicyclic) bond motifs is 1. The van der Waals surface area contributed by atoms with Crippen LogP contribution in [0.3, 0.4) is 0 Å². The third-order valence-corrected chi connectivity index (χ3v) is 6.96. The van der Waals surface area contributed by atoms with Gasteiger partial charge in [-0.3, -0.25) is 9.78 Å². The summed E-state index contributed by atoms with van der Waals surface area (Å²) < 4.78 is 31.1. The van der Waals surface area contributed by atoms with E-state index in [1.165, 1.54) is 10.6 Å². The molecule has 3 atom stereocenters. The standard InChI is InChI=1S/C18H23N5O4S/c1-12-20-17(27-22-12)18-9-15(8-14(18)10-23(11-18)28(2,25)26)21-16(24)7-13-3-5-19-6-4-13/h3-6,14-15H,7-11H2,1-2H3,(H,21,24)/t14-,15+,18-/m0/s1. The van der Waals surface area contributed by atoms with Gasteiger partial charge in [-0.25, -0.2) is 12.7 Å². The summed E-state index contributed by atoms with van der Waals surface area (Å²) in [6, 6.07) is 3.57. The van der Waals surface area contributed by atoms with Crippen LogP contribution in [-0.2, 0) is 26.7 Å². The van der Waals surface area contributed by atoms with Gasteiger partial charge in [0.1, 0.15) is 0 Å². The van der Waals surface area contributed by atoms with Crippen LogP contribution in [0.25, 0.3) is 0 Å². The van der Waals surface area contributed by atoms with Crippen molar-refractivity contribution in [3.8, 4) is 0 Å². The molecule has 0 radical (unpaired) electrons. The van der Waals surface area contributed by atoms with Crippen LogP contribution in [0.5, 0.6) is 0 Å². The molecule has 1 amide bonds. The number of amides is 1. The molecule has 1 saturated heterocycles. The van der Waals surface area contributed by atoms with Gasteiger partial charge in [0, 0.05) is 31.5 Å². The fraction of sp³-hybridized carbons (Fsp3) is 0.556. The molecule has 2 aliphatic rings. The Kier molecular flexibility index (Phi) is 4.70. The zero-order valence-corrected chi connectivity index (χ0v) is 16.6. The largest absolute Gasteiger partial charge is 0.353 e. The van der Waals surface area contributed by atoms with Gasteiger partial charge in [0.25, 0.3) is 0 Å². The molecule has 0 spiro atoms. The smallest absolute Gasteiger partial charge is 0.234 e. The normalized spacial score (nSPS) is 27.6. The molecule has 28 heavy (non-hydrogen) atoms. The second-order valence-electron chi connectivity index (χ2n) is 7.79. The first-order valence-electron chi connectivity index (χ1n) is 9.20. The molecular formula is C18H23N5O4S. The van der Waals surface area contributed by atoms with E-state index in [1.807, 2.05) is 12.1 Å². The molecule has 1 N–H and O–H groups in total. The van der Waals surface area contributed by atoms with Crippen LogP contribution in [0.2, 0.25) is 0 Å². The number of nitrogens with zero attached hydrogens (tertiary/aromatic N) is 4. The van der Waals surface area contributed by atoms with Crippen LogP contribution in [0.4, 0.5) is 0 Å². The van der Waals surface area contributed by atoms with E-state index in [1.54, 1.807) is 19.3 Å². The molecule has 4 rings (SSSR count). The van der Waals surface area contributed by atoms with Gasteiger partial charge in [-0.15, -0.1) is 0 Å². The fourth-order valence-electron chi connectivity index (χ4n) is 4.48. The zero-order chi connectivity index (χ0) is 19.9. The topological polar surface area (TPSA) is 118 Å². The lowest BCUT2D eigenvalue weighted by Crippen LogP contribution is -2.39. The molecule has 1 aliphatic heterocycles. The van der Waals surface area contributed by atoms with E-state index in [2.05, 4.69) is 20.4 Å².